The first-order chi connectivity index (χ1) is 14.3. The van der Waals surface area contributed by atoms with Gasteiger partial charge in [0.05, 0.1) is 10.5 Å². The van der Waals surface area contributed by atoms with E-state index in [4.69, 9.17) is 0 Å². The SMILES string of the molecule is CN(C)S(=O)(=O)c1ccc(C(=O)NCC2CCN(c3ncccc3C#N)CC2)cc1. The number of aromatic nitrogens is 1. The number of sulfonamides is 1. The lowest BCUT2D eigenvalue weighted by Crippen LogP contribution is -2.39. The Morgan fingerprint density at radius 1 is 1.23 bits per heavy atom. The van der Waals surface area contributed by atoms with Crippen molar-refractivity contribution in [2.45, 2.75) is 17.7 Å². The van der Waals surface area contributed by atoms with E-state index < -0.39 is 10.0 Å². The highest BCUT2D eigenvalue weighted by molar-refractivity contribution is 7.89. The maximum atomic E-state index is 12.4. The van der Waals surface area contributed by atoms with Crippen LogP contribution in [0.4, 0.5) is 5.82 Å². The fourth-order valence-electron chi connectivity index (χ4n) is 3.41. The number of hydrogen-bond donors (Lipinski definition) is 1. The summed E-state index contributed by atoms with van der Waals surface area (Å²) in [6, 6.07) is 11.7. The number of hydrogen-bond acceptors (Lipinski definition) is 6. The minimum atomic E-state index is -3.51. The van der Waals surface area contributed by atoms with Crippen LogP contribution in [0.2, 0.25) is 0 Å². The van der Waals surface area contributed by atoms with Crippen molar-refractivity contribution in [2.24, 2.45) is 5.92 Å². The number of piperidine rings is 1. The number of carbonyl (C=O) groups is 1. The van der Waals surface area contributed by atoms with Gasteiger partial charge in [0, 0.05) is 45.5 Å². The normalized spacial score (nSPS) is 15.1. The van der Waals surface area contributed by atoms with Crippen molar-refractivity contribution >= 4 is 21.7 Å². The number of anilines is 1. The molecule has 0 bridgehead atoms. The maximum absolute atomic E-state index is 12.4. The third kappa shape index (κ3) is 4.78. The molecule has 0 saturated carbocycles. The molecule has 1 aliphatic heterocycles. The van der Waals surface area contributed by atoms with E-state index in [0.717, 1.165) is 36.1 Å². The Labute approximate surface area is 177 Å². The summed E-state index contributed by atoms with van der Waals surface area (Å²) in [7, 11) is -0.573. The zero-order valence-electron chi connectivity index (χ0n) is 17.1. The van der Waals surface area contributed by atoms with Crippen LogP contribution >= 0.6 is 0 Å². The molecule has 2 heterocycles. The summed E-state index contributed by atoms with van der Waals surface area (Å²) in [6.45, 7) is 2.12. The predicted molar refractivity (Wildman–Crippen MR) is 114 cm³/mol. The topological polar surface area (TPSA) is 106 Å². The molecule has 0 atom stereocenters. The molecule has 0 spiro atoms. The average molecular weight is 428 g/mol. The Hall–Kier alpha value is -2.96. The summed E-state index contributed by atoms with van der Waals surface area (Å²) in [4.78, 5) is 19.0. The van der Waals surface area contributed by atoms with Crippen molar-refractivity contribution in [2.75, 3.05) is 38.6 Å². The smallest absolute Gasteiger partial charge is 0.251 e. The molecule has 0 unspecified atom stereocenters. The van der Waals surface area contributed by atoms with E-state index in [1.165, 1.54) is 38.4 Å². The minimum absolute atomic E-state index is 0.155. The first-order valence-electron chi connectivity index (χ1n) is 9.74. The van der Waals surface area contributed by atoms with Crippen LogP contribution in [0.15, 0.2) is 47.5 Å². The van der Waals surface area contributed by atoms with Crippen molar-refractivity contribution in [3.8, 4) is 6.07 Å². The Kier molecular flexibility index (Phi) is 6.70. The fraction of sp³-hybridized carbons (Fsp3) is 0.381. The molecular weight excluding hydrogens is 402 g/mol. The van der Waals surface area contributed by atoms with Crippen molar-refractivity contribution < 1.29 is 13.2 Å². The summed E-state index contributed by atoms with van der Waals surface area (Å²) < 4.78 is 25.4. The van der Waals surface area contributed by atoms with Gasteiger partial charge < -0.3 is 10.2 Å². The summed E-state index contributed by atoms with van der Waals surface area (Å²) in [5.74, 6) is 0.839. The highest BCUT2D eigenvalue weighted by Crippen LogP contribution is 2.24. The van der Waals surface area contributed by atoms with Gasteiger partial charge in [0.1, 0.15) is 11.9 Å². The molecular formula is C21H25N5O3S. The summed E-state index contributed by atoms with van der Waals surface area (Å²) in [6.07, 6.45) is 3.47. The molecule has 1 N–H and O–H groups in total. The van der Waals surface area contributed by atoms with Crippen LogP contribution in [0, 0.1) is 17.2 Å². The summed E-state index contributed by atoms with van der Waals surface area (Å²) >= 11 is 0. The molecule has 1 amide bonds. The highest BCUT2D eigenvalue weighted by atomic mass is 32.2. The molecule has 1 aliphatic rings. The lowest BCUT2D eigenvalue weighted by Gasteiger charge is -2.33. The molecule has 0 aliphatic carbocycles. The third-order valence-corrected chi connectivity index (χ3v) is 7.10. The molecule has 1 aromatic carbocycles. The summed E-state index contributed by atoms with van der Waals surface area (Å²) in [5, 5.41) is 12.2. The second kappa shape index (κ2) is 9.24. The number of nitrogens with one attached hydrogen (secondary N) is 1. The van der Waals surface area contributed by atoms with E-state index in [-0.39, 0.29) is 10.8 Å². The predicted octanol–water partition coefficient (Wildman–Crippen LogP) is 1.85. The van der Waals surface area contributed by atoms with Gasteiger partial charge in [0.2, 0.25) is 10.0 Å². The van der Waals surface area contributed by atoms with Crippen molar-refractivity contribution in [1.29, 1.82) is 5.26 Å². The molecule has 2 aromatic rings. The number of nitriles is 1. The van der Waals surface area contributed by atoms with Crippen LogP contribution in [0.1, 0.15) is 28.8 Å². The van der Waals surface area contributed by atoms with E-state index in [1.54, 1.807) is 18.3 Å². The van der Waals surface area contributed by atoms with Crippen LogP contribution < -0.4 is 10.2 Å². The van der Waals surface area contributed by atoms with Gasteiger partial charge in [-0.25, -0.2) is 17.7 Å². The second-order valence-corrected chi connectivity index (χ2v) is 9.59. The van der Waals surface area contributed by atoms with E-state index in [1.807, 2.05) is 0 Å². The largest absolute Gasteiger partial charge is 0.356 e. The molecule has 1 saturated heterocycles. The van der Waals surface area contributed by atoms with Crippen LogP contribution in [-0.2, 0) is 10.0 Å². The van der Waals surface area contributed by atoms with E-state index in [9.17, 15) is 18.5 Å². The number of carbonyl (C=O) groups excluding carboxylic acids is 1. The third-order valence-electron chi connectivity index (χ3n) is 5.27. The van der Waals surface area contributed by atoms with Crippen molar-refractivity contribution in [3.63, 3.8) is 0 Å². The molecule has 8 nitrogen and oxygen atoms in total. The van der Waals surface area contributed by atoms with Gasteiger partial charge in [0.25, 0.3) is 5.91 Å². The molecule has 1 aromatic heterocycles. The molecule has 30 heavy (non-hydrogen) atoms. The fourth-order valence-corrected chi connectivity index (χ4v) is 4.31. The molecule has 3 rings (SSSR count). The standard InChI is InChI=1S/C21H25N5O3S/c1-25(2)30(28,29)19-7-5-17(6-8-19)21(27)24-15-16-9-12-26(13-10-16)20-18(14-22)4-3-11-23-20/h3-8,11,16H,9-10,12-13,15H2,1-2H3,(H,24,27). The monoisotopic (exact) mass is 427 g/mol. The molecule has 9 heteroatoms. The van der Waals surface area contributed by atoms with Crippen LogP contribution in [0.3, 0.4) is 0 Å². The molecule has 1 fully saturated rings. The second-order valence-electron chi connectivity index (χ2n) is 7.44. The first kappa shape index (κ1) is 21.7. The van der Waals surface area contributed by atoms with Gasteiger partial charge in [-0.05, 0) is 55.2 Å². The maximum Gasteiger partial charge on any atom is 0.251 e. The number of benzene rings is 1. The van der Waals surface area contributed by atoms with Gasteiger partial charge in [-0.2, -0.15) is 5.26 Å². The first-order valence-corrected chi connectivity index (χ1v) is 11.2. The quantitative estimate of drug-likeness (QED) is 0.754. The van der Waals surface area contributed by atoms with Crippen LogP contribution in [0.25, 0.3) is 0 Å². The van der Waals surface area contributed by atoms with Gasteiger partial charge >= 0.3 is 0 Å². The van der Waals surface area contributed by atoms with Crippen LogP contribution in [0.5, 0.6) is 0 Å². The highest BCUT2D eigenvalue weighted by Gasteiger charge is 2.23. The molecule has 0 radical (unpaired) electrons. The van der Waals surface area contributed by atoms with Gasteiger partial charge in [-0.1, -0.05) is 0 Å². The Bertz CT molecular complexity index is 1040. The van der Waals surface area contributed by atoms with Crippen LogP contribution in [-0.4, -0.2) is 57.3 Å². The summed E-state index contributed by atoms with van der Waals surface area (Å²) in [5.41, 5.74) is 1.00. The molecule has 158 valence electrons. The van der Waals surface area contributed by atoms with Crippen molar-refractivity contribution in [3.05, 3.63) is 53.7 Å². The van der Waals surface area contributed by atoms with E-state index in [0.29, 0.717) is 23.6 Å². The Morgan fingerprint density at radius 3 is 2.50 bits per heavy atom. The number of nitrogens with zero attached hydrogens (tertiary/aromatic N) is 4. The van der Waals surface area contributed by atoms with Gasteiger partial charge in [0.15, 0.2) is 0 Å². The van der Waals surface area contributed by atoms with Gasteiger partial charge in [-0.15, -0.1) is 0 Å². The Balaban J connectivity index is 1.52. The lowest BCUT2D eigenvalue weighted by atomic mass is 9.96. The number of amides is 1. The lowest BCUT2D eigenvalue weighted by molar-refractivity contribution is 0.0945. The Morgan fingerprint density at radius 2 is 1.90 bits per heavy atom. The zero-order valence-corrected chi connectivity index (χ0v) is 17.9. The van der Waals surface area contributed by atoms with Gasteiger partial charge in [-0.3, -0.25) is 4.79 Å². The number of rotatable bonds is 6. The zero-order chi connectivity index (χ0) is 21.7. The van der Waals surface area contributed by atoms with Crippen molar-refractivity contribution in [1.82, 2.24) is 14.6 Å². The van der Waals surface area contributed by atoms with E-state index in [2.05, 4.69) is 21.3 Å². The average Bonchev–Trinajstić information content (AvgIpc) is 2.77. The minimum Gasteiger partial charge on any atom is -0.356 e. The van der Waals surface area contributed by atoms with E-state index >= 15 is 0 Å². The number of pyridine rings is 1.